The smallest absolute Gasteiger partial charge is 0.327 e. The molecule has 0 bridgehead atoms. The number of Topliss-reactive ketones (excluding diaryl/α,β-unsaturated/α-hetero) is 1. The van der Waals surface area contributed by atoms with E-state index >= 15 is 0 Å². The van der Waals surface area contributed by atoms with Gasteiger partial charge in [-0.25, -0.2) is 4.79 Å². The Hall–Kier alpha value is -1.12. The maximum absolute atomic E-state index is 10.4. The fourth-order valence-corrected chi connectivity index (χ4v) is 0.653. The molecule has 3 nitrogen and oxygen atoms in total. The zero-order valence-electron chi connectivity index (χ0n) is 6.54. The SMILES string of the molecule is CC(=O)CCC/C=C/C(=O)O. The van der Waals surface area contributed by atoms with E-state index < -0.39 is 5.97 Å². The summed E-state index contributed by atoms with van der Waals surface area (Å²) in [6.45, 7) is 1.53. The van der Waals surface area contributed by atoms with E-state index in [1.807, 2.05) is 0 Å². The monoisotopic (exact) mass is 156 g/mol. The Bertz CT molecular complexity index is 170. The molecule has 11 heavy (non-hydrogen) atoms. The third-order valence-corrected chi connectivity index (χ3v) is 1.16. The molecule has 0 unspecified atom stereocenters. The molecular weight excluding hydrogens is 144 g/mol. The van der Waals surface area contributed by atoms with E-state index in [2.05, 4.69) is 0 Å². The second-order valence-corrected chi connectivity index (χ2v) is 2.33. The van der Waals surface area contributed by atoms with E-state index in [4.69, 9.17) is 5.11 Å². The molecule has 0 heterocycles. The fraction of sp³-hybridized carbons (Fsp3) is 0.500. The van der Waals surface area contributed by atoms with Crippen LogP contribution in [0.15, 0.2) is 12.2 Å². The van der Waals surface area contributed by atoms with Crippen LogP contribution < -0.4 is 0 Å². The van der Waals surface area contributed by atoms with Crippen LogP contribution in [0.4, 0.5) is 0 Å². The molecule has 0 aromatic carbocycles. The zero-order valence-corrected chi connectivity index (χ0v) is 6.54. The maximum atomic E-state index is 10.4. The summed E-state index contributed by atoms with van der Waals surface area (Å²) in [6.07, 6.45) is 4.58. The summed E-state index contributed by atoms with van der Waals surface area (Å²) in [6, 6.07) is 0. The molecule has 0 spiro atoms. The first kappa shape index (κ1) is 9.88. The van der Waals surface area contributed by atoms with Crippen molar-refractivity contribution in [3.8, 4) is 0 Å². The van der Waals surface area contributed by atoms with Gasteiger partial charge in [0.25, 0.3) is 0 Å². The summed E-state index contributed by atoms with van der Waals surface area (Å²) in [7, 11) is 0. The molecule has 0 aliphatic carbocycles. The predicted molar refractivity (Wildman–Crippen MR) is 41.3 cm³/mol. The lowest BCUT2D eigenvalue weighted by Gasteiger charge is -1.89. The van der Waals surface area contributed by atoms with E-state index in [9.17, 15) is 9.59 Å². The molecule has 62 valence electrons. The Balaban J connectivity index is 3.27. The summed E-state index contributed by atoms with van der Waals surface area (Å²) in [5.41, 5.74) is 0. The Kier molecular flexibility index (Phi) is 5.07. The third-order valence-electron chi connectivity index (χ3n) is 1.16. The normalized spacial score (nSPS) is 10.3. The largest absolute Gasteiger partial charge is 0.478 e. The molecule has 0 aliphatic heterocycles. The van der Waals surface area contributed by atoms with Crippen LogP contribution in [0.5, 0.6) is 0 Å². The Morgan fingerprint density at radius 1 is 1.45 bits per heavy atom. The fourth-order valence-electron chi connectivity index (χ4n) is 0.653. The number of carbonyl (C=O) groups excluding carboxylic acids is 1. The standard InChI is InChI=1S/C8H12O3/c1-7(9)5-3-2-4-6-8(10)11/h4,6H,2-3,5H2,1H3,(H,10,11)/b6-4+. The average molecular weight is 156 g/mol. The van der Waals surface area contributed by atoms with Crippen molar-refractivity contribution in [1.29, 1.82) is 0 Å². The summed E-state index contributed by atoms with van der Waals surface area (Å²) in [4.78, 5) is 20.3. The molecule has 0 radical (unpaired) electrons. The highest BCUT2D eigenvalue weighted by atomic mass is 16.4. The highest BCUT2D eigenvalue weighted by Crippen LogP contribution is 1.96. The van der Waals surface area contributed by atoms with Crippen molar-refractivity contribution in [2.24, 2.45) is 0 Å². The van der Waals surface area contributed by atoms with E-state index in [0.717, 1.165) is 12.5 Å². The number of carbonyl (C=O) groups is 2. The van der Waals surface area contributed by atoms with Gasteiger partial charge in [-0.3, -0.25) is 0 Å². The second-order valence-electron chi connectivity index (χ2n) is 2.33. The van der Waals surface area contributed by atoms with Gasteiger partial charge in [0.15, 0.2) is 0 Å². The number of hydrogen-bond acceptors (Lipinski definition) is 2. The van der Waals surface area contributed by atoms with Crippen LogP contribution in [0.1, 0.15) is 26.2 Å². The van der Waals surface area contributed by atoms with Crippen molar-refractivity contribution < 1.29 is 14.7 Å². The van der Waals surface area contributed by atoms with Gasteiger partial charge in [-0.05, 0) is 19.8 Å². The highest BCUT2D eigenvalue weighted by Gasteiger charge is 1.90. The number of unbranched alkanes of at least 4 members (excludes halogenated alkanes) is 1. The summed E-state index contributed by atoms with van der Waals surface area (Å²) < 4.78 is 0. The van der Waals surface area contributed by atoms with Gasteiger partial charge in [0.05, 0.1) is 0 Å². The van der Waals surface area contributed by atoms with Crippen molar-refractivity contribution in [1.82, 2.24) is 0 Å². The van der Waals surface area contributed by atoms with Gasteiger partial charge in [-0.1, -0.05) is 6.08 Å². The van der Waals surface area contributed by atoms with E-state index in [1.165, 1.54) is 6.92 Å². The van der Waals surface area contributed by atoms with E-state index in [1.54, 1.807) is 6.08 Å². The molecular formula is C8H12O3. The number of allylic oxidation sites excluding steroid dienone is 1. The molecule has 0 amide bonds. The zero-order chi connectivity index (χ0) is 8.69. The minimum Gasteiger partial charge on any atom is -0.478 e. The molecule has 0 atom stereocenters. The minimum atomic E-state index is -0.937. The summed E-state index contributed by atoms with van der Waals surface area (Å²) in [5.74, 6) is -0.790. The number of carboxylic acid groups (broad SMARTS) is 1. The number of aliphatic carboxylic acids is 1. The summed E-state index contributed by atoms with van der Waals surface area (Å²) in [5, 5.41) is 8.17. The maximum Gasteiger partial charge on any atom is 0.327 e. The van der Waals surface area contributed by atoms with Gasteiger partial charge in [0, 0.05) is 12.5 Å². The number of rotatable bonds is 5. The molecule has 1 N–H and O–H groups in total. The van der Waals surface area contributed by atoms with Crippen molar-refractivity contribution in [2.75, 3.05) is 0 Å². The Labute approximate surface area is 65.7 Å². The molecule has 0 saturated carbocycles. The first-order chi connectivity index (χ1) is 5.13. The summed E-state index contributed by atoms with van der Waals surface area (Å²) >= 11 is 0. The lowest BCUT2D eigenvalue weighted by Crippen LogP contribution is -1.89. The van der Waals surface area contributed by atoms with Crippen LogP contribution in [0.25, 0.3) is 0 Å². The molecule has 0 aromatic heterocycles. The quantitative estimate of drug-likeness (QED) is 0.483. The van der Waals surface area contributed by atoms with Gasteiger partial charge in [0.1, 0.15) is 5.78 Å². The third kappa shape index (κ3) is 8.88. The van der Waals surface area contributed by atoms with Crippen molar-refractivity contribution in [3.63, 3.8) is 0 Å². The van der Waals surface area contributed by atoms with E-state index in [-0.39, 0.29) is 5.78 Å². The average Bonchev–Trinajstić information content (AvgIpc) is 1.85. The Morgan fingerprint density at radius 3 is 2.55 bits per heavy atom. The minimum absolute atomic E-state index is 0.147. The molecule has 0 aliphatic rings. The molecule has 3 heteroatoms. The highest BCUT2D eigenvalue weighted by molar-refractivity contribution is 5.79. The molecule has 0 aromatic rings. The molecule has 0 rings (SSSR count). The lowest BCUT2D eigenvalue weighted by atomic mass is 10.2. The Morgan fingerprint density at radius 2 is 2.09 bits per heavy atom. The van der Waals surface area contributed by atoms with Gasteiger partial charge in [-0.15, -0.1) is 0 Å². The van der Waals surface area contributed by atoms with Crippen LogP contribution in [-0.4, -0.2) is 16.9 Å². The van der Waals surface area contributed by atoms with Crippen molar-refractivity contribution in [3.05, 3.63) is 12.2 Å². The lowest BCUT2D eigenvalue weighted by molar-refractivity contribution is -0.131. The molecule has 0 fully saturated rings. The number of hydrogen-bond donors (Lipinski definition) is 1. The van der Waals surface area contributed by atoms with Gasteiger partial charge >= 0.3 is 5.97 Å². The molecule has 0 saturated heterocycles. The van der Waals surface area contributed by atoms with Crippen molar-refractivity contribution >= 4 is 11.8 Å². The van der Waals surface area contributed by atoms with Crippen LogP contribution in [-0.2, 0) is 9.59 Å². The van der Waals surface area contributed by atoms with Crippen molar-refractivity contribution in [2.45, 2.75) is 26.2 Å². The van der Waals surface area contributed by atoms with Crippen LogP contribution in [0.3, 0.4) is 0 Å². The number of ketones is 1. The van der Waals surface area contributed by atoms with E-state index in [0.29, 0.717) is 12.8 Å². The van der Waals surface area contributed by atoms with Crippen LogP contribution in [0, 0.1) is 0 Å². The first-order valence-corrected chi connectivity index (χ1v) is 3.52. The topological polar surface area (TPSA) is 54.4 Å². The first-order valence-electron chi connectivity index (χ1n) is 3.52. The predicted octanol–water partition coefficient (Wildman–Crippen LogP) is 1.39. The van der Waals surface area contributed by atoms with Crippen LogP contribution in [0.2, 0.25) is 0 Å². The number of carboxylic acids is 1. The van der Waals surface area contributed by atoms with Gasteiger partial charge < -0.3 is 9.90 Å². The second kappa shape index (κ2) is 5.65. The van der Waals surface area contributed by atoms with Gasteiger partial charge in [-0.2, -0.15) is 0 Å². The van der Waals surface area contributed by atoms with Crippen LogP contribution >= 0.6 is 0 Å². The van der Waals surface area contributed by atoms with Gasteiger partial charge in [0.2, 0.25) is 0 Å².